The molecule has 1 aliphatic heterocycles. The standard InChI is InChI=1S/C20H21N3O4S/c1-25-15-4-5-17-18(11-15)28-20(22-17)27-14-6-9-23(10-7-14)19(24)13-26-16-3-2-8-21-12-16/h2-5,8,11-12,14H,6-7,9-10,13H2,1H3. The van der Waals surface area contributed by atoms with Crippen LogP contribution in [-0.2, 0) is 4.79 Å². The monoisotopic (exact) mass is 399 g/mol. The fraction of sp³-hybridized carbons (Fsp3) is 0.350. The van der Waals surface area contributed by atoms with Crippen molar-refractivity contribution in [2.24, 2.45) is 0 Å². The number of likely N-dealkylation sites (tertiary alicyclic amines) is 1. The minimum atomic E-state index is -0.0191. The molecule has 1 amide bonds. The van der Waals surface area contributed by atoms with Crippen molar-refractivity contribution in [3.8, 4) is 16.7 Å². The molecule has 0 saturated carbocycles. The van der Waals surface area contributed by atoms with Gasteiger partial charge in [-0.3, -0.25) is 9.78 Å². The maximum absolute atomic E-state index is 12.3. The fourth-order valence-corrected chi connectivity index (χ4v) is 4.01. The molecule has 0 aliphatic carbocycles. The lowest BCUT2D eigenvalue weighted by Gasteiger charge is -2.31. The quantitative estimate of drug-likeness (QED) is 0.634. The SMILES string of the molecule is COc1ccc2nc(OC3CCN(C(=O)COc4cccnc4)CC3)sc2c1. The molecule has 0 atom stereocenters. The summed E-state index contributed by atoms with van der Waals surface area (Å²) in [6.45, 7) is 1.33. The molecule has 1 fully saturated rings. The Labute approximate surface area is 166 Å². The van der Waals surface area contributed by atoms with Crippen molar-refractivity contribution in [2.45, 2.75) is 18.9 Å². The molecule has 4 rings (SSSR count). The Bertz CT molecular complexity index is 939. The van der Waals surface area contributed by atoms with E-state index in [9.17, 15) is 4.79 Å². The van der Waals surface area contributed by atoms with Crippen molar-refractivity contribution < 1.29 is 19.0 Å². The lowest BCUT2D eigenvalue weighted by molar-refractivity contribution is -0.135. The Kier molecular flexibility index (Phi) is 5.57. The number of thiazole rings is 1. The third kappa shape index (κ3) is 4.33. The zero-order chi connectivity index (χ0) is 19.3. The minimum Gasteiger partial charge on any atom is -0.497 e. The van der Waals surface area contributed by atoms with Crippen LogP contribution in [0.5, 0.6) is 16.7 Å². The van der Waals surface area contributed by atoms with E-state index in [1.807, 2.05) is 23.1 Å². The van der Waals surface area contributed by atoms with Crippen LogP contribution >= 0.6 is 11.3 Å². The fourth-order valence-electron chi connectivity index (χ4n) is 3.10. The number of hydrogen-bond acceptors (Lipinski definition) is 7. The molecule has 1 aliphatic rings. The van der Waals surface area contributed by atoms with E-state index in [1.165, 1.54) is 11.3 Å². The van der Waals surface area contributed by atoms with Crippen molar-refractivity contribution in [1.29, 1.82) is 0 Å². The van der Waals surface area contributed by atoms with E-state index in [0.717, 1.165) is 28.8 Å². The number of hydrogen-bond donors (Lipinski definition) is 0. The number of amides is 1. The van der Waals surface area contributed by atoms with E-state index in [1.54, 1.807) is 31.6 Å². The molecule has 1 saturated heterocycles. The molecule has 0 spiro atoms. The van der Waals surface area contributed by atoms with Crippen LogP contribution in [0.1, 0.15) is 12.8 Å². The third-order valence-electron chi connectivity index (χ3n) is 4.63. The number of piperidine rings is 1. The molecular weight excluding hydrogens is 378 g/mol. The highest BCUT2D eigenvalue weighted by Crippen LogP contribution is 2.32. The second-order valence-corrected chi connectivity index (χ2v) is 7.48. The maximum Gasteiger partial charge on any atom is 0.274 e. The van der Waals surface area contributed by atoms with E-state index in [0.29, 0.717) is 24.0 Å². The van der Waals surface area contributed by atoms with Gasteiger partial charge < -0.3 is 19.1 Å². The molecule has 8 heteroatoms. The minimum absolute atomic E-state index is 0.0191. The van der Waals surface area contributed by atoms with Crippen LogP contribution in [-0.4, -0.2) is 53.7 Å². The first kappa shape index (κ1) is 18.5. The second kappa shape index (κ2) is 8.43. The molecular formula is C20H21N3O4S. The summed E-state index contributed by atoms with van der Waals surface area (Å²) in [6, 6.07) is 9.35. The summed E-state index contributed by atoms with van der Waals surface area (Å²) in [5.74, 6) is 1.39. The summed E-state index contributed by atoms with van der Waals surface area (Å²) < 4.78 is 17.8. The molecule has 0 unspecified atom stereocenters. The Balaban J connectivity index is 1.27. The summed E-state index contributed by atoms with van der Waals surface area (Å²) in [5.41, 5.74) is 0.904. The predicted molar refractivity (Wildman–Crippen MR) is 106 cm³/mol. The number of pyridine rings is 1. The van der Waals surface area contributed by atoms with Gasteiger partial charge in [-0.2, -0.15) is 0 Å². The molecule has 7 nitrogen and oxygen atoms in total. The molecule has 2 aromatic heterocycles. The van der Waals surface area contributed by atoms with E-state index < -0.39 is 0 Å². The van der Waals surface area contributed by atoms with Crippen LogP contribution < -0.4 is 14.2 Å². The topological polar surface area (TPSA) is 73.8 Å². The van der Waals surface area contributed by atoms with E-state index >= 15 is 0 Å². The van der Waals surface area contributed by atoms with Gasteiger partial charge >= 0.3 is 0 Å². The van der Waals surface area contributed by atoms with E-state index in [2.05, 4.69) is 9.97 Å². The molecule has 146 valence electrons. The zero-order valence-electron chi connectivity index (χ0n) is 15.5. The molecule has 3 heterocycles. The van der Waals surface area contributed by atoms with Gasteiger partial charge in [0.1, 0.15) is 17.6 Å². The van der Waals surface area contributed by atoms with Gasteiger partial charge in [-0.05, 0) is 30.3 Å². The first-order valence-corrected chi connectivity index (χ1v) is 9.95. The average Bonchev–Trinajstić information content (AvgIpc) is 3.14. The number of carbonyl (C=O) groups excluding carboxylic acids is 1. The Morgan fingerprint density at radius 2 is 2.11 bits per heavy atom. The van der Waals surface area contributed by atoms with Crippen molar-refractivity contribution in [3.05, 3.63) is 42.7 Å². The van der Waals surface area contributed by atoms with Crippen LogP contribution in [0.3, 0.4) is 0 Å². The van der Waals surface area contributed by atoms with Crippen molar-refractivity contribution in [2.75, 3.05) is 26.8 Å². The number of rotatable bonds is 6. The number of benzene rings is 1. The second-order valence-electron chi connectivity index (χ2n) is 6.49. The van der Waals surface area contributed by atoms with Crippen molar-refractivity contribution in [1.82, 2.24) is 14.9 Å². The summed E-state index contributed by atoms with van der Waals surface area (Å²) in [4.78, 5) is 22.7. The first-order valence-electron chi connectivity index (χ1n) is 9.13. The Morgan fingerprint density at radius 1 is 1.25 bits per heavy atom. The summed E-state index contributed by atoms with van der Waals surface area (Å²) in [5, 5.41) is 0.660. The highest BCUT2D eigenvalue weighted by atomic mass is 32.1. The maximum atomic E-state index is 12.3. The summed E-state index contributed by atoms with van der Waals surface area (Å²) >= 11 is 1.51. The third-order valence-corrected chi connectivity index (χ3v) is 5.54. The predicted octanol–water partition coefficient (Wildman–Crippen LogP) is 3.15. The number of nitrogens with zero attached hydrogens (tertiary/aromatic N) is 3. The van der Waals surface area contributed by atoms with Crippen LogP contribution in [0.25, 0.3) is 10.2 Å². The number of carbonyl (C=O) groups is 1. The molecule has 0 radical (unpaired) electrons. The summed E-state index contributed by atoms with van der Waals surface area (Å²) in [6.07, 6.45) is 4.88. The van der Waals surface area contributed by atoms with Gasteiger partial charge in [0, 0.05) is 32.1 Å². The summed E-state index contributed by atoms with van der Waals surface area (Å²) in [7, 11) is 1.65. The molecule has 3 aromatic rings. The van der Waals surface area contributed by atoms with Gasteiger partial charge in [0.05, 0.1) is 23.5 Å². The lowest BCUT2D eigenvalue weighted by Crippen LogP contribution is -2.43. The molecule has 28 heavy (non-hydrogen) atoms. The van der Waals surface area contributed by atoms with E-state index in [4.69, 9.17) is 14.2 Å². The van der Waals surface area contributed by atoms with Crippen LogP contribution in [0.4, 0.5) is 0 Å². The van der Waals surface area contributed by atoms with Crippen molar-refractivity contribution in [3.63, 3.8) is 0 Å². The van der Waals surface area contributed by atoms with Gasteiger partial charge in [-0.25, -0.2) is 4.98 Å². The number of methoxy groups -OCH3 is 1. The van der Waals surface area contributed by atoms with Crippen LogP contribution in [0.2, 0.25) is 0 Å². The smallest absolute Gasteiger partial charge is 0.274 e. The number of fused-ring (bicyclic) bond motifs is 1. The molecule has 1 aromatic carbocycles. The average molecular weight is 399 g/mol. The van der Waals surface area contributed by atoms with E-state index in [-0.39, 0.29) is 18.6 Å². The van der Waals surface area contributed by atoms with Gasteiger partial charge in [0.15, 0.2) is 6.61 Å². The highest BCUT2D eigenvalue weighted by Gasteiger charge is 2.25. The van der Waals surface area contributed by atoms with Gasteiger partial charge in [0.25, 0.3) is 11.1 Å². The normalized spacial score (nSPS) is 14.8. The lowest BCUT2D eigenvalue weighted by atomic mass is 10.1. The number of aromatic nitrogens is 2. The van der Waals surface area contributed by atoms with Gasteiger partial charge in [0.2, 0.25) is 0 Å². The zero-order valence-corrected chi connectivity index (χ0v) is 16.4. The van der Waals surface area contributed by atoms with Crippen LogP contribution in [0, 0.1) is 0 Å². The Hall–Kier alpha value is -2.87. The Morgan fingerprint density at radius 3 is 2.86 bits per heavy atom. The van der Waals surface area contributed by atoms with Crippen LogP contribution in [0.15, 0.2) is 42.7 Å². The molecule has 0 N–H and O–H groups in total. The van der Waals surface area contributed by atoms with Crippen molar-refractivity contribution >= 4 is 27.5 Å². The van der Waals surface area contributed by atoms with Gasteiger partial charge in [-0.15, -0.1) is 0 Å². The molecule has 0 bridgehead atoms. The first-order chi connectivity index (χ1) is 13.7. The largest absolute Gasteiger partial charge is 0.497 e. The number of ether oxygens (including phenoxy) is 3. The van der Waals surface area contributed by atoms with Gasteiger partial charge in [-0.1, -0.05) is 11.3 Å². The highest BCUT2D eigenvalue weighted by molar-refractivity contribution is 7.20.